The van der Waals surface area contributed by atoms with E-state index in [-0.39, 0.29) is 18.4 Å². The van der Waals surface area contributed by atoms with Gasteiger partial charge in [0.25, 0.3) is 0 Å². The Labute approximate surface area is 193 Å². The fourth-order valence-electron chi connectivity index (χ4n) is 1.76. The van der Waals surface area contributed by atoms with Crippen molar-refractivity contribution in [2.24, 2.45) is 5.73 Å². The Balaban J connectivity index is 0.000000227. The molecular formula is C16H18ClF3I2N4O2. The molecular weight excluding hydrogens is 626 g/mol. The summed E-state index contributed by atoms with van der Waals surface area (Å²) in [6, 6.07) is 6.14. The van der Waals surface area contributed by atoms with Gasteiger partial charge >= 0.3 is 0 Å². The predicted molar refractivity (Wildman–Crippen MR) is 118 cm³/mol. The van der Waals surface area contributed by atoms with Crippen LogP contribution in [0.15, 0.2) is 24.3 Å². The molecule has 0 spiro atoms. The van der Waals surface area contributed by atoms with Gasteiger partial charge in [0.2, 0.25) is 17.8 Å². The second-order valence-electron chi connectivity index (χ2n) is 5.60. The first-order chi connectivity index (χ1) is 12.8. The Kier molecular flexibility index (Phi) is 11.8. The third-order valence-corrected chi connectivity index (χ3v) is 4.39. The van der Waals surface area contributed by atoms with Crippen molar-refractivity contribution in [3.05, 3.63) is 49.2 Å². The third-order valence-electron chi connectivity index (χ3n) is 3.14. The number of nitrogens with zero attached hydrogens (tertiary/aromatic N) is 2. The van der Waals surface area contributed by atoms with E-state index in [0.29, 0.717) is 28.6 Å². The maximum Gasteiger partial charge on any atom is 0.216 e. The van der Waals surface area contributed by atoms with Crippen LogP contribution in [0.4, 0.5) is 19.0 Å². The van der Waals surface area contributed by atoms with Gasteiger partial charge < -0.3 is 20.5 Å². The van der Waals surface area contributed by atoms with Gasteiger partial charge in [-0.05, 0) is 51.2 Å². The lowest BCUT2D eigenvalue weighted by Crippen LogP contribution is -2.41. The van der Waals surface area contributed by atoms with Gasteiger partial charge in [-0.25, -0.2) is 4.98 Å². The van der Waals surface area contributed by atoms with Crippen LogP contribution in [0.3, 0.4) is 0 Å². The summed E-state index contributed by atoms with van der Waals surface area (Å²) in [5, 5.41) is 3.08. The van der Waals surface area contributed by atoms with Crippen molar-refractivity contribution in [1.29, 1.82) is 0 Å². The van der Waals surface area contributed by atoms with Gasteiger partial charge in [0.1, 0.15) is 5.82 Å². The number of anilines is 1. The molecule has 156 valence electrons. The van der Waals surface area contributed by atoms with E-state index in [1.54, 1.807) is 0 Å². The molecule has 28 heavy (non-hydrogen) atoms. The van der Waals surface area contributed by atoms with Crippen LogP contribution in [-0.4, -0.2) is 48.5 Å². The van der Waals surface area contributed by atoms with Crippen molar-refractivity contribution in [3.63, 3.8) is 0 Å². The molecule has 3 N–H and O–H groups in total. The van der Waals surface area contributed by atoms with Crippen LogP contribution in [0.5, 0.6) is 0 Å². The number of pyridine rings is 2. The molecule has 0 radical (unpaired) electrons. The molecule has 0 unspecified atom stereocenters. The normalized spacial score (nSPS) is 15.5. The van der Waals surface area contributed by atoms with E-state index >= 15 is 0 Å². The summed E-state index contributed by atoms with van der Waals surface area (Å²) in [5.41, 5.74) is 5.25. The van der Waals surface area contributed by atoms with E-state index < -0.39 is 17.8 Å². The maximum atomic E-state index is 12.8. The minimum absolute atomic E-state index is 0. The third kappa shape index (κ3) is 9.82. The Morgan fingerprint density at radius 1 is 0.857 bits per heavy atom. The topological polar surface area (TPSA) is 82.3 Å². The number of ether oxygens (including phenoxy) is 2. The number of nitrogens with one attached hydrogen (secondary N) is 1. The molecule has 0 saturated carbocycles. The second kappa shape index (κ2) is 13.0. The molecule has 2 aliphatic rings. The highest BCUT2D eigenvalue weighted by Crippen LogP contribution is 2.14. The van der Waals surface area contributed by atoms with Crippen molar-refractivity contribution < 1.29 is 22.6 Å². The molecule has 4 rings (SSSR count). The van der Waals surface area contributed by atoms with Crippen molar-refractivity contribution in [1.82, 2.24) is 9.97 Å². The molecule has 6 nitrogen and oxygen atoms in total. The maximum absolute atomic E-state index is 12.8. The molecule has 2 aromatic rings. The fourth-order valence-corrected chi connectivity index (χ4v) is 2.82. The lowest BCUT2D eigenvalue weighted by atomic mass is 10.2. The molecule has 0 aliphatic carbocycles. The Bertz CT molecular complexity index is 685. The van der Waals surface area contributed by atoms with E-state index in [1.165, 1.54) is 6.07 Å². The minimum atomic E-state index is -0.778. The average molecular weight is 645 g/mol. The van der Waals surface area contributed by atoms with Crippen molar-refractivity contribution in [2.75, 3.05) is 31.7 Å². The summed E-state index contributed by atoms with van der Waals surface area (Å²) in [4.78, 5) is 6.61. The summed E-state index contributed by atoms with van der Waals surface area (Å²) >= 11 is 3.87. The standard InChI is InChI=1S/C8H8FIN2O.C5H2F2IN.C3H7NO.ClH/c9-7-1-5(10)2-8(12-7)11-6-3-13-4-6;6-4-1-3(8)2-5(7)9-4;4-3-1-5-2-3;/h1-2,6H,3-4H2,(H,11,12);1-2H;3H,1-2,4H2;1H. The van der Waals surface area contributed by atoms with Gasteiger partial charge in [-0.1, -0.05) is 0 Å². The second-order valence-corrected chi connectivity index (χ2v) is 8.09. The fraction of sp³-hybridized carbons (Fsp3) is 0.375. The Morgan fingerprint density at radius 3 is 1.61 bits per heavy atom. The molecule has 2 aromatic heterocycles. The molecule has 4 heterocycles. The van der Waals surface area contributed by atoms with Gasteiger partial charge in [0.15, 0.2) is 0 Å². The highest BCUT2D eigenvalue weighted by atomic mass is 127. The number of hydrogen-bond donors (Lipinski definition) is 2. The number of aromatic nitrogens is 2. The molecule has 0 amide bonds. The predicted octanol–water partition coefficient (Wildman–Crippen LogP) is 3.37. The molecule has 0 atom stereocenters. The largest absolute Gasteiger partial charge is 0.378 e. The van der Waals surface area contributed by atoms with E-state index in [1.807, 2.05) is 28.7 Å². The number of halogens is 6. The van der Waals surface area contributed by atoms with Crippen LogP contribution in [0.2, 0.25) is 0 Å². The van der Waals surface area contributed by atoms with E-state index in [2.05, 4.69) is 37.9 Å². The quantitative estimate of drug-likeness (QED) is 0.386. The smallest absolute Gasteiger partial charge is 0.216 e. The average Bonchev–Trinajstić information content (AvgIpc) is 2.48. The van der Waals surface area contributed by atoms with E-state index in [9.17, 15) is 13.2 Å². The summed E-state index contributed by atoms with van der Waals surface area (Å²) in [6.45, 7) is 2.88. The van der Waals surface area contributed by atoms with Crippen LogP contribution in [-0.2, 0) is 9.47 Å². The van der Waals surface area contributed by atoms with Gasteiger partial charge in [-0.2, -0.15) is 18.2 Å². The summed E-state index contributed by atoms with van der Waals surface area (Å²) in [7, 11) is 0. The molecule has 2 fully saturated rings. The van der Waals surface area contributed by atoms with Crippen LogP contribution < -0.4 is 11.1 Å². The molecule has 0 aromatic carbocycles. The van der Waals surface area contributed by atoms with Crippen LogP contribution in [0.25, 0.3) is 0 Å². The highest BCUT2D eigenvalue weighted by Gasteiger charge is 2.18. The van der Waals surface area contributed by atoms with Crippen molar-refractivity contribution in [3.8, 4) is 0 Å². The molecule has 0 bridgehead atoms. The monoisotopic (exact) mass is 644 g/mol. The summed E-state index contributed by atoms with van der Waals surface area (Å²) < 4.78 is 48.0. The van der Waals surface area contributed by atoms with Crippen LogP contribution in [0, 0.1) is 25.0 Å². The Morgan fingerprint density at radius 2 is 1.29 bits per heavy atom. The zero-order chi connectivity index (χ0) is 19.8. The van der Waals surface area contributed by atoms with Crippen molar-refractivity contribution in [2.45, 2.75) is 12.1 Å². The van der Waals surface area contributed by atoms with Crippen LogP contribution >= 0.6 is 57.6 Å². The molecule has 2 aliphatic heterocycles. The highest BCUT2D eigenvalue weighted by molar-refractivity contribution is 14.1. The first-order valence-electron chi connectivity index (χ1n) is 7.81. The lowest BCUT2D eigenvalue weighted by molar-refractivity contribution is 0.0121. The Hall–Kier alpha value is -0.480. The van der Waals surface area contributed by atoms with E-state index in [4.69, 9.17) is 15.2 Å². The van der Waals surface area contributed by atoms with Crippen LogP contribution in [0.1, 0.15) is 0 Å². The van der Waals surface area contributed by atoms with Gasteiger partial charge in [0.05, 0.1) is 38.5 Å². The van der Waals surface area contributed by atoms with Crippen molar-refractivity contribution >= 4 is 63.4 Å². The van der Waals surface area contributed by atoms with Gasteiger partial charge in [-0.3, -0.25) is 0 Å². The number of rotatable bonds is 2. The molecule has 2 saturated heterocycles. The zero-order valence-corrected chi connectivity index (χ0v) is 19.5. The summed E-state index contributed by atoms with van der Waals surface area (Å²) in [5.74, 6) is -1.42. The number of hydrogen-bond acceptors (Lipinski definition) is 6. The lowest BCUT2D eigenvalue weighted by Gasteiger charge is -2.27. The number of nitrogens with two attached hydrogens (primary N) is 1. The van der Waals surface area contributed by atoms with Gasteiger partial charge in [-0.15, -0.1) is 12.4 Å². The molecule has 12 heteroatoms. The van der Waals surface area contributed by atoms with E-state index in [0.717, 1.165) is 28.9 Å². The minimum Gasteiger partial charge on any atom is -0.378 e. The zero-order valence-electron chi connectivity index (χ0n) is 14.4. The first-order valence-corrected chi connectivity index (χ1v) is 9.97. The summed E-state index contributed by atoms with van der Waals surface area (Å²) in [6.07, 6.45) is 0. The first kappa shape index (κ1) is 25.6. The van der Waals surface area contributed by atoms with Gasteiger partial charge in [0, 0.05) is 25.3 Å². The SMILES string of the molecule is Cl.Fc1cc(I)cc(F)n1.Fc1cc(I)cc(NC2COC2)n1.NC1COC1.